The van der Waals surface area contributed by atoms with Crippen LogP contribution in [0.3, 0.4) is 0 Å². The Morgan fingerprint density at radius 1 is 1.11 bits per heavy atom. The van der Waals surface area contributed by atoms with Gasteiger partial charge in [-0.15, -0.1) is 0 Å². The monoisotopic (exact) mass is 367 g/mol. The van der Waals surface area contributed by atoms with Gasteiger partial charge in [0.1, 0.15) is 5.82 Å². The first-order valence-corrected chi connectivity index (χ1v) is 8.82. The number of benzene rings is 2. The van der Waals surface area contributed by atoms with Crippen LogP contribution in [0.1, 0.15) is 38.3 Å². The highest BCUT2D eigenvalue weighted by Crippen LogP contribution is 2.25. The van der Waals surface area contributed by atoms with E-state index in [1.165, 1.54) is 0 Å². The van der Waals surface area contributed by atoms with Crippen molar-refractivity contribution in [2.75, 3.05) is 18.4 Å². The van der Waals surface area contributed by atoms with E-state index in [1.54, 1.807) is 36.4 Å². The molecule has 3 amide bonds. The fourth-order valence-electron chi connectivity index (χ4n) is 3.50. The van der Waals surface area contributed by atoms with Crippen molar-refractivity contribution >= 4 is 23.4 Å². The molecule has 0 saturated heterocycles. The maximum absolute atomic E-state index is 14.6. The molecule has 2 aliphatic heterocycles. The third-order valence-electron chi connectivity index (χ3n) is 4.92. The van der Waals surface area contributed by atoms with Crippen LogP contribution in [0, 0.1) is 5.82 Å². The maximum atomic E-state index is 14.6. The van der Waals surface area contributed by atoms with Crippen molar-refractivity contribution in [2.24, 2.45) is 0 Å². The van der Waals surface area contributed by atoms with Gasteiger partial charge in [-0.05, 0) is 42.3 Å². The van der Waals surface area contributed by atoms with Crippen LogP contribution in [0.15, 0.2) is 36.4 Å². The predicted octanol–water partition coefficient (Wildman–Crippen LogP) is 2.10. The van der Waals surface area contributed by atoms with Gasteiger partial charge in [-0.3, -0.25) is 19.3 Å². The van der Waals surface area contributed by atoms with Crippen LogP contribution < -0.4 is 10.6 Å². The number of rotatable bonds is 4. The molecule has 4 rings (SSSR count). The second-order valence-electron chi connectivity index (χ2n) is 6.60. The molecule has 0 radical (unpaired) electrons. The number of carbonyl (C=O) groups excluding carboxylic acids is 3. The number of hydrogen-bond donors (Lipinski definition) is 2. The predicted molar refractivity (Wildman–Crippen MR) is 96.9 cm³/mol. The van der Waals surface area contributed by atoms with Gasteiger partial charge in [0, 0.05) is 19.5 Å². The third-order valence-corrected chi connectivity index (χ3v) is 4.92. The molecular formula is C20H18FN3O3. The number of halogens is 1. The van der Waals surface area contributed by atoms with Crippen molar-refractivity contribution in [1.82, 2.24) is 10.2 Å². The first-order valence-electron chi connectivity index (χ1n) is 8.82. The second kappa shape index (κ2) is 6.92. The van der Waals surface area contributed by atoms with E-state index < -0.39 is 23.5 Å². The largest absolute Gasteiger partial charge is 0.324 e. The lowest BCUT2D eigenvalue weighted by atomic mass is 9.99. The molecule has 0 fully saturated rings. The van der Waals surface area contributed by atoms with Crippen molar-refractivity contribution in [3.63, 3.8) is 0 Å². The molecule has 0 atom stereocenters. The van der Waals surface area contributed by atoms with Gasteiger partial charge >= 0.3 is 0 Å². The number of imide groups is 1. The summed E-state index contributed by atoms with van der Waals surface area (Å²) in [5, 5.41) is 5.72. The Bertz CT molecular complexity index is 922. The Labute approximate surface area is 155 Å². The lowest BCUT2D eigenvalue weighted by Gasteiger charge is -2.19. The van der Waals surface area contributed by atoms with Crippen LogP contribution in [0.25, 0.3) is 0 Å². The molecule has 27 heavy (non-hydrogen) atoms. The van der Waals surface area contributed by atoms with Crippen molar-refractivity contribution in [3.05, 3.63) is 64.5 Å². The minimum Gasteiger partial charge on any atom is -0.324 e. The zero-order valence-corrected chi connectivity index (χ0v) is 14.5. The quantitative estimate of drug-likeness (QED) is 0.812. The molecule has 0 aromatic heterocycles. The Morgan fingerprint density at radius 3 is 2.52 bits per heavy atom. The normalized spacial score (nSPS) is 15.5. The summed E-state index contributed by atoms with van der Waals surface area (Å²) in [6.07, 6.45) is 0.476. The van der Waals surface area contributed by atoms with Crippen molar-refractivity contribution in [2.45, 2.75) is 19.4 Å². The van der Waals surface area contributed by atoms with E-state index in [1.807, 2.05) is 0 Å². The number of nitrogens with one attached hydrogen (secondary N) is 2. The van der Waals surface area contributed by atoms with E-state index in [-0.39, 0.29) is 18.7 Å². The van der Waals surface area contributed by atoms with Crippen LogP contribution in [0.4, 0.5) is 10.1 Å². The fraction of sp³-hybridized carbons (Fsp3) is 0.250. The van der Waals surface area contributed by atoms with Gasteiger partial charge in [0.2, 0.25) is 5.91 Å². The molecule has 0 spiro atoms. The van der Waals surface area contributed by atoms with Gasteiger partial charge in [-0.2, -0.15) is 0 Å². The van der Waals surface area contributed by atoms with Gasteiger partial charge < -0.3 is 10.6 Å². The average molecular weight is 367 g/mol. The number of nitrogens with zero attached hydrogens (tertiary/aromatic N) is 1. The number of anilines is 1. The zero-order chi connectivity index (χ0) is 19.0. The molecule has 2 heterocycles. The lowest BCUT2D eigenvalue weighted by molar-refractivity contribution is -0.116. The number of hydrogen-bond acceptors (Lipinski definition) is 4. The molecule has 7 heteroatoms. The van der Waals surface area contributed by atoms with E-state index in [2.05, 4.69) is 10.6 Å². The first-order chi connectivity index (χ1) is 13.1. The molecule has 2 aliphatic rings. The van der Waals surface area contributed by atoms with Gasteiger partial charge in [0.15, 0.2) is 0 Å². The van der Waals surface area contributed by atoms with Gasteiger partial charge in [-0.1, -0.05) is 18.2 Å². The molecule has 2 aromatic rings. The molecule has 0 saturated carbocycles. The van der Waals surface area contributed by atoms with Crippen molar-refractivity contribution < 1.29 is 18.8 Å². The molecular weight excluding hydrogens is 349 g/mol. The second-order valence-corrected chi connectivity index (χ2v) is 6.60. The summed E-state index contributed by atoms with van der Waals surface area (Å²) in [6, 6.07) is 9.90. The van der Waals surface area contributed by atoms with Crippen molar-refractivity contribution in [3.8, 4) is 0 Å². The van der Waals surface area contributed by atoms with Gasteiger partial charge in [0.05, 0.1) is 16.8 Å². The maximum Gasteiger partial charge on any atom is 0.261 e. The summed E-state index contributed by atoms with van der Waals surface area (Å²) in [7, 11) is 0. The Balaban J connectivity index is 1.41. The molecule has 138 valence electrons. The Kier molecular flexibility index (Phi) is 4.45. The summed E-state index contributed by atoms with van der Waals surface area (Å²) in [6.45, 7) is 1.26. The summed E-state index contributed by atoms with van der Waals surface area (Å²) in [5.41, 5.74) is 2.33. The third kappa shape index (κ3) is 3.10. The van der Waals surface area contributed by atoms with Crippen LogP contribution >= 0.6 is 0 Å². The number of fused-ring (bicyclic) bond motifs is 2. The summed E-state index contributed by atoms with van der Waals surface area (Å²) >= 11 is 0. The van der Waals surface area contributed by atoms with E-state index in [4.69, 9.17) is 0 Å². The van der Waals surface area contributed by atoms with E-state index in [9.17, 15) is 18.8 Å². The van der Waals surface area contributed by atoms with Crippen LogP contribution in [0.2, 0.25) is 0 Å². The minimum atomic E-state index is -0.445. The van der Waals surface area contributed by atoms with Crippen LogP contribution in [-0.4, -0.2) is 35.7 Å². The average Bonchev–Trinajstić information content (AvgIpc) is 2.93. The number of amides is 3. The Morgan fingerprint density at radius 2 is 1.81 bits per heavy atom. The minimum absolute atomic E-state index is 0.0470. The number of carbonyl (C=O) groups is 3. The standard InChI is InChI=1S/C20H18FN3O3/c21-18-13-7-9-22-11-12(13)5-6-16(18)23-17(25)8-10-24-19(26)14-3-1-2-4-15(14)20(24)27/h1-6,22H,7-11H2,(H,23,25). The van der Waals surface area contributed by atoms with E-state index >= 15 is 0 Å². The molecule has 0 aliphatic carbocycles. The van der Waals surface area contributed by atoms with E-state index in [0.717, 1.165) is 10.5 Å². The molecule has 2 aromatic carbocycles. The first kappa shape index (κ1) is 17.4. The molecule has 0 unspecified atom stereocenters. The highest BCUT2D eigenvalue weighted by atomic mass is 19.1. The van der Waals surface area contributed by atoms with Gasteiger partial charge in [-0.25, -0.2) is 4.39 Å². The molecule has 2 N–H and O–H groups in total. The van der Waals surface area contributed by atoms with Crippen LogP contribution in [-0.2, 0) is 17.8 Å². The lowest BCUT2D eigenvalue weighted by Crippen LogP contribution is -2.33. The summed E-state index contributed by atoms with van der Waals surface area (Å²) in [4.78, 5) is 37.9. The van der Waals surface area contributed by atoms with Crippen LogP contribution in [0.5, 0.6) is 0 Å². The van der Waals surface area contributed by atoms with E-state index in [0.29, 0.717) is 36.2 Å². The summed E-state index contributed by atoms with van der Waals surface area (Å²) in [5.74, 6) is -1.67. The SMILES string of the molecule is O=C(CCN1C(=O)c2ccccc2C1=O)Nc1ccc2c(c1F)CCNC2. The summed E-state index contributed by atoms with van der Waals surface area (Å²) < 4.78 is 14.6. The molecule has 0 bridgehead atoms. The fourth-order valence-corrected chi connectivity index (χ4v) is 3.50. The highest BCUT2D eigenvalue weighted by molar-refractivity contribution is 6.21. The van der Waals surface area contributed by atoms with Gasteiger partial charge in [0.25, 0.3) is 11.8 Å². The highest BCUT2D eigenvalue weighted by Gasteiger charge is 2.35. The topological polar surface area (TPSA) is 78.5 Å². The Hall–Kier alpha value is -3.06. The zero-order valence-electron chi connectivity index (χ0n) is 14.5. The van der Waals surface area contributed by atoms with Crippen molar-refractivity contribution in [1.29, 1.82) is 0 Å². The smallest absolute Gasteiger partial charge is 0.261 e. The molecule has 6 nitrogen and oxygen atoms in total.